The lowest BCUT2D eigenvalue weighted by atomic mass is 9.75. The Labute approximate surface area is 127 Å². The first-order valence-corrected chi connectivity index (χ1v) is 7.92. The van der Waals surface area contributed by atoms with E-state index in [4.69, 9.17) is 0 Å². The molecule has 0 radical (unpaired) electrons. The normalized spacial score (nSPS) is 18.6. The van der Waals surface area contributed by atoms with Gasteiger partial charge in [-0.1, -0.05) is 26.0 Å². The molecule has 1 N–H and O–H groups in total. The van der Waals surface area contributed by atoms with Crippen LogP contribution in [-0.4, -0.2) is 15.6 Å². The summed E-state index contributed by atoms with van der Waals surface area (Å²) in [4.78, 5) is 4.10. The smallest absolute Gasteiger partial charge is 0.0949 e. The Bertz CT molecular complexity index is 562. The number of nitrogens with one attached hydrogen (secondary N) is 1. The summed E-state index contributed by atoms with van der Waals surface area (Å²) in [7, 11) is 0. The molecule has 1 aromatic heterocycles. The van der Waals surface area contributed by atoms with Crippen molar-refractivity contribution in [2.75, 3.05) is 5.32 Å². The van der Waals surface area contributed by atoms with Gasteiger partial charge in [0.15, 0.2) is 0 Å². The van der Waals surface area contributed by atoms with E-state index in [2.05, 4.69) is 53.0 Å². The quantitative estimate of drug-likeness (QED) is 0.906. The van der Waals surface area contributed by atoms with Gasteiger partial charge in [0.2, 0.25) is 0 Å². The molecule has 3 rings (SSSR count). The van der Waals surface area contributed by atoms with Crippen molar-refractivity contribution in [3.8, 4) is 0 Å². The lowest BCUT2D eigenvalue weighted by Crippen LogP contribution is -2.29. The van der Waals surface area contributed by atoms with Crippen molar-refractivity contribution in [3.05, 3.63) is 48.5 Å². The van der Waals surface area contributed by atoms with Crippen LogP contribution in [-0.2, 0) is 6.54 Å². The van der Waals surface area contributed by atoms with Crippen molar-refractivity contribution in [2.45, 2.75) is 52.1 Å². The zero-order valence-corrected chi connectivity index (χ0v) is 13.0. The Hall–Kier alpha value is -1.77. The number of nitrogens with zero attached hydrogens (tertiary/aromatic N) is 2. The van der Waals surface area contributed by atoms with Crippen molar-refractivity contribution >= 4 is 5.69 Å². The fraction of sp³-hybridized carbons (Fsp3) is 0.500. The van der Waals surface area contributed by atoms with Crippen molar-refractivity contribution in [3.63, 3.8) is 0 Å². The van der Waals surface area contributed by atoms with Crippen LogP contribution in [0.3, 0.4) is 0 Å². The fourth-order valence-corrected chi connectivity index (χ4v) is 3.13. The van der Waals surface area contributed by atoms with Gasteiger partial charge in [0.1, 0.15) is 0 Å². The van der Waals surface area contributed by atoms with Crippen molar-refractivity contribution in [2.24, 2.45) is 5.41 Å². The summed E-state index contributed by atoms with van der Waals surface area (Å²) in [6, 6.07) is 9.38. The van der Waals surface area contributed by atoms with Gasteiger partial charge in [-0.25, -0.2) is 4.98 Å². The summed E-state index contributed by atoms with van der Waals surface area (Å²) in [5, 5.41) is 3.71. The molecule has 1 aliphatic carbocycles. The summed E-state index contributed by atoms with van der Waals surface area (Å²) in [6.07, 6.45) is 10.9. The predicted octanol–water partition coefficient (Wildman–Crippen LogP) is 4.31. The van der Waals surface area contributed by atoms with Gasteiger partial charge in [0.25, 0.3) is 0 Å². The molecule has 0 bridgehead atoms. The Morgan fingerprint density at radius 2 is 2.10 bits per heavy atom. The summed E-state index contributed by atoms with van der Waals surface area (Å²) in [6.45, 7) is 5.65. The minimum atomic E-state index is 0.529. The topological polar surface area (TPSA) is 29.9 Å². The molecular weight excluding hydrogens is 258 g/mol. The maximum Gasteiger partial charge on any atom is 0.0949 e. The number of rotatable bonds is 4. The van der Waals surface area contributed by atoms with E-state index in [-0.39, 0.29) is 0 Å². The van der Waals surface area contributed by atoms with E-state index < -0.39 is 0 Å². The van der Waals surface area contributed by atoms with Crippen LogP contribution >= 0.6 is 0 Å². The Morgan fingerprint density at radius 1 is 1.29 bits per heavy atom. The van der Waals surface area contributed by atoms with Crippen LogP contribution in [0.25, 0.3) is 0 Å². The number of aromatic nitrogens is 2. The molecular formula is C18H25N3. The monoisotopic (exact) mass is 283 g/mol. The Kier molecular flexibility index (Phi) is 4.00. The summed E-state index contributed by atoms with van der Waals surface area (Å²) >= 11 is 0. The highest BCUT2D eigenvalue weighted by Gasteiger charge is 2.26. The summed E-state index contributed by atoms with van der Waals surface area (Å²) < 4.78 is 2.10. The molecule has 1 heterocycles. The second-order valence-corrected chi connectivity index (χ2v) is 7.02. The molecule has 0 amide bonds. The molecule has 2 aromatic rings. The highest BCUT2D eigenvalue weighted by molar-refractivity contribution is 5.46. The van der Waals surface area contributed by atoms with Gasteiger partial charge in [-0.3, -0.25) is 0 Å². The largest absolute Gasteiger partial charge is 0.382 e. The molecule has 3 nitrogen and oxygen atoms in total. The Morgan fingerprint density at radius 3 is 2.81 bits per heavy atom. The highest BCUT2D eigenvalue weighted by atomic mass is 15.0. The van der Waals surface area contributed by atoms with Crippen LogP contribution in [0.15, 0.2) is 43.0 Å². The lowest BCUT2D eigenvalue weighted by molar-refractivity contribution is 0.232. The summed E-state index contributed by atoms with van der Waals surface area (Å²) in [5.41, 5.74) is 3.09. The molecule has 0 saturated heterocycles. The van der Waals surface area contributed by atoms with Crippen LogP contribution in [0.2, 0.25) is 0 Å². The molecule has 1 fully saturated rings. The molecule has 1 saturated carbocycles. The third-order valence-corrected chi connectivity index (χ3v) is 4.56. The third-order valence-electron chi connectivity index (χ3n) is 4.56. The number of benzene rings is 1. The maximum atomic E-state index is 4.10. The molecule has 0 unspecified atom stereocenters. The van der Waals surface area contributed by atoms with E-state index in [1.807, 2.05) is 18.7 Å². The average molecular weight is 283 g/mol. The predicted molar refractivity (Wildman–Crippen MR) is 87.4 cm³/mol. The van der Waals surface area contributed by atoms with Crippen LogP contribution < -0.4 is 5.32 Å². The molecule has 0 aliphatic heterocycles. The van der Waals surface area contributed by atoms with Crippen molar-refractivity contribution < 1.29 is 0 Å². The van der Waals surface area contributed by atoms with E-state index >= 15 is 0 Å². The Balaban J connectivity index is 1.61. The molecule has 3 heteroatoms. The number of hydrogen-bond acceptors (Lipinski definition) is 2. The highest BCUT2D eigenvalue weighted by Crippen LogP contribution is 2.36. The van der Waals surface area contributed by atoms with E-state index in [0.717, 1.165) is 6.54 Å². The number of anilines is 1. The molecule has 112 valence electrons. The third kappa shape index (κ3) is 3.87. The standard InChI is InChI=1S/C18H25N3/c1-18(2)8-6-16(7-9-18)20-17-5-3-4-15(12-17)13-21-11-10-19-14-21/h3-5,10-12,14,16,20H,6-9,13H2,1-2H3. The first-order valence-electron chi connectivity index (χ1n) is 7.92. The van der Waals surface area contributed by atoms with Gasteiger partial charge in [-0.05, 0) is 48.8 Å². The minimum absolute atomic E-state index is 0.529. The van der Waals surface area contributed by atoms with Gasteiger partial charge in [-0.15, -0.1) is 0 Å². The van der Waals surface area contributed by atoms with Crippen LogP contribution in [0.1, 0.15) is 45.1 Å². The second kappa shape index (κ2) is 5.92. The summed E-state index contributed by atoms with van der Waals surface area (Å²) in [5.74, 6) is 0. The van der Waals surface area contributed by atoms with Crippen molar-refractivity contribution in [1.29, 1.82) is 0 Å². The van der Waals surface area contributed by atoms with E-state index in [0.29, 0.717) is 11.5 Å². The van der Waals surface area contributed by atoms with Crippen LogP contribution in [0.5, 0.6) is 0 Å². The molecule has 0 atom stereocenters. The number of imidazole rings is 1. The first kappa shape index (κ1) is 14.2. The average Bonchev–Trinajstić information content (AvgIpc) is 2.95. The minimum Gasteiger partial charge on any atom is -0.382 e. The van der Waals surface area contributed by atoms with Gasteiger partial charge >= 0.3 is 0 Å². The maximum absolute atomic E-state index is 4.10. The fourth-order valence-electron chi connectivity index (χ4n) is 3.13. The lowest BCUT2D eigenvalue weighted by Gasteiger charge is -2.35. The number of hydrogen-bond donors (Lipinski definition) is 1. The van der Waals surface area contributed by atoms with E-state index in [9.17, 15) is 0 Å². The van der Waals surface area contributed by atoms with Gasteiger partial charge in [-0.2, -0.15) is 0 Å². The zero-order valence-electron chi connectivity index (χ0n) is 13.0. The van der Waals surface area contributed by atoms with Crippen LogP contribution in [0, 0.1) is 5.41 Å². The van der Waals surface area contributed by atoms with Gasteiger partial charge < -0.3 is 9.88 Å². The zero-order chi connectivity index (χ0) is 14.7. The molecule has 1 aromatic carbocycles. The first-order chi connectivity index (χ1) is 10.1. The van der Waals surface area contributed by atoms with Gasteiger partial charge in [0.05, 0.1) is 6.33 Å². The van der Waals surface area contributed by atoms with E-state index in [1.54, 1.807) is 0 Å². The molecule has 0 spiro atoms. The van der Waals surface area contributed by atoms with Crippen LogP contribution in [0.4, 0.5) is 5.69 Å². The van der Waals surface area contributed by atoms with Gasteiger partial charge in [0, 0.05) is 30.7 Å². The molecule has 21 heavy (non-hydrogen) atoms. The van der Waals surface area contributed by atoms with E-state index in [1.165, 1.54) is 36.9 Å². The SMILES string of the molecule is CC1(C)CCC(Nc2cccc(Cn3ccnc3)c2)CC1. The second-order valence-electron chi connectivity index (χ2n) is 7.02. The van der Waals surface area contributed by atoms with Crippen molar-refractivity contribution in [1.82, 2.24) is 9.55 Å². The molecule has 1 aliphatic rings.